The number of alkyl halides is 1. The third kappa shape index (κ3) is 3.20. The largest absolute Gasteiger partial charge is 0.488 e. The zero-order valence-electron chi connectivity index (χ0n) is 10.4. The van der Waals surface area contributed by atoms with Gasteiger partial charge in [0, 0.05) is 11.1 Å². The van der Waals surface area contributed by atoms with Crippen LogP contribution in [0.3, 0.4) is 0 Å². The van der Waals surface area contributed by atoms with E-state index in [9.17, 15) is 4.39 Å². The van der Waals surface area contributed by atoms with Crippen molar-refractivity contribution in [3.63, 3.8) is 0 Å². The van der Waals surface area contributed by atoms with Gasteiger partial charge in [-0.1, -0.05) is 41.9 Å². The van der Waals surface area contributed by atoms with E-state index in [0.29, 0.717) is 11.4 Å². The summed E-state index contributed by atoms with van der Waals surface area (Å²) in [5.74, 6) is 0.663. The van der Waals surface area contributed by atoms with Gasteiger partial charge in [0.05, 0.1) is 10.9 Å². The van der Waals surface area contributed by atoms with Crippen molar-refractivity contribution in [3.05, 3.63) is 63.9 Å². The second-order valence-corrected chi connectivity index (χ2v) is 4.84. The van der Waals surface area contributed by atoms with E-state index < -0.39 is 5.82 Å². The van der Waals surface area contributed by atoms with Gasteiger partial charge in [0.15, 0.2) is 0 Å². The molecule has 0 radical (unpaired) electrons. The van der Waals surface area contributed by atoms with Gasteiger partial charge in [-0.2, -0.15) is 0 Å². The Balaban J connectivity index is 2.21. The van der Waals surface area contributed by atoms with Crippen LogP contribution in [-0.2, 0) is 12.5 Å². The van der Waals surface area contributed by atoms with Crippen LogP contribution in [0.1, 0.15) is 16.7 Å². The van der Waals surface area contributed by atoms with Crippen LogP contribution in [0.15, 0.2) is 36.4 Å². The molecule has 0 amide bonds. The van der Waals surface area contributed by atoms with E-state index in [1.165, 1.54) is 6.07 Å². The number of benzene rings is 2. The van der Waals surface area contributed by atoms with Gasteiger partial charge < -0.3 is 4.74 Å². The average Bonchev–Trinajstić information content (AvgIpc) is 2.41. The normalized spacial score (nSPS) is 10.5. The van der Waals surface area contributed by atoms with Crippen LogP contribution in [0.5, 0.6) is 5.75 Å². The molecule has 2 rings (SSSR count). The first-order valence-electron chi connectivity index (χ1n) is 5.83. The summed E-state index contributed by atoms with van der Waals surface area (Å²) in [7, 11) is 0. The number of para-hydroxylation sites is 1. The van der Waals surface area contributed by atoms with E-state index in [-0.39, 0.29) is 11.6 Å². The fourth-order valence-corrected chi connectivity index (χ4v) is 2.23. The molecule has 2 aromatic rings. The molecule has 0 aliphatic heterocycles. The van der Waals surface area contributed by atoms with Crippen molar-refractivity contribution in [2.75, 3.05) is 0 Å². The first kappa shape index (κ1) is 14.2. The molecule has 0 atom stereocenters. The Morgan fingerprint density at radius 1 is 1.11 bits per heavy atom. The van der Waals surface area contributed by atoms with Crippen molar-refractivity contribution in [1.29, 1.82) is 0 Å². The van der Waals surface area contributed by atoms with Crippen molar-refractivity contribution in [2.45, 2.75) is 19.4 Å². The number of hydrogen-bond donors (Lipinski definition) is 0. The van der Waals surface area contributed by atoms with E-state index >= 15 is 0 Å². The molecule has 2 aromatic carbocycles. The van der Waals surface area contributed by atoms with Crippen LogP contribution in [0.2, 0.25) is 5.02 Å². The van der Waals surface area contributed by atoms with Gasteiger partial charge in [-0.15, -0.1) is 11.6 Å². The lowest BCUT2D eigenvalue weighted by atomic mass is 10.1. The standard InChI is InChI=1S/C15H13Cl2FO/c1-10-4-2-5-11(8-16)15(10)19-9-12-6-3-7-13(18)14(12)17/h2-7H,8-9H2,1H3. The Hall–Kier alpha value is -1.25. The van der Waals surface area contributed by atoms with Gasteiger partial charge in [0.25, 0.3) is 0 Å². The molecule has 0 bridgehead atoms. The third-order valence-electron chi connectivity index (χ3n) is 2.84. The quantitative estimate of drug-likeness (QED) is 0.713. The molecule has 100 valence electrons. The van der Waals surface area contributed by atoms with Crippen molar-refractivity contribution < 1.29 is 9.13 Å². The number of rotatable bonds is 4. The van der Waals surface area contributed by atoms with E-state index in [0.717, 1.165) is 16.9 Å². The van der Waals surface area contributed by atoms with E-state index in [4.69, 9.17) is 27.9 Å². The molecule has 0 N–H and O–H groups in total. The minimum absolute atomic E-state index is 0.100. The van der Waals surface area contributed by atoms with Crippen LogP contribution in [0.4, 0.5) is 4.39 Å². The zero-order valence-corrected chi connectivity index (χ0v) is 11.9. The summed E-state index contributed by atoms with van der Waals surface area (Å²) in [5.41, 5.74) is 2.52. The highest BCUT2D eigenvalue weighted by Crippen LogP contribution is 2.27. The van der Waals surface area contributed by atoms with Crippen molar-refractivity contribution >= 4 is 23.2 Å². The number of aryl methyl sites for hydroxylation is 1. The predicted octanol–water partition coefficient (Wildman–Crippen LogP) is 5.11. The Bertz CT molecular complexity index is 584. The first-order valence-corrected chi connectivity index (χ1v) is 6.75. The van der Waals surface area contributed by atoms with Gasteiger partial charge in [0.1, 0.15) is 18.2 Å². The van der Waals surface area contributed by atoms with Crippen molar-refractivity contribution in [1.82, 2.24) is 0 Å². The highest BCUT2D eigenvalue weighted by Gasteiger charge is 2.09. The fraction of sp³-hybridized carbons (Fsp3) is 0.200. The molecule has 0 unspecified atom stereocenters. The Morgan fingerprint density at radius 2 is 1.79 bits per heavy atom. The van der Waals surface area contributed by atoms with Crippen LogP contribution < -0.4 is 4.74 Å². The van der Waals surface area contributed by atoms with Gasteiger partial charge in [-0.05, 0) is 18.6 Å². The average molecular weight is 299 g/mol. The number of hydrogen-bond acceptors (Lipinski definition) is 1. The molecule has 0 heterocycles. The molecule has 4 heteroatoms. The highest BCUT2D eigenvalue weighted by molar-refractivity contribution is 6.31. The Labute approximate surface area is 121 Å². The number of halogens is 3. The molecule has 0 spiro atoms. The van der Waals surface area contributed by atoms with Gasteiger partial charge in [-0.25, -0.2) is 4.39 Å². The maximum atomic E-state index is 13.3. The van der Waals surface area contributed by atoms with E-state index in [2.05, 4.69) is 0 Å². The monoisotopic (exact) mass is 298 g/mol. The summed E-state index contributed by atoms with van der Waals surface area (Å²) in [6.07, 6.45) is 0. The van der Waals surface area contributed by atoms with Crippen LogP contribution in [-0.4, -0.2) is 0 Å². The van der Waals surface area contributed by atoms with Gasteiger partial charge in [-0.3, -0.25) is 0 Å². The van der Waals surface area contributed by atoms with E-state index in [1.807, 2.05) is 25.1 Å². The summed E-state index contributed by atoms with van der Waals surface area (Å²) in [5, 5.41) is 0.100. The molecular formula is C15H13Cl2FO. The lowest BCUT2D eigenvalue weighted by molar-refractivity contribution is 0.301. The second-order valence-electron chi connectivity index (χ2n) is 4.20. The first-order chi connectivity index (χ1) is 9.13. The maximum Gasteiger partial charge on any atom is 0.142 e. The Kier molecular flexibility index (Phi) is 4.67. The molecule has 19 heavy (non-hydrogen) atoms. The fourth-order valence-electron chi connectivity index (χ4n) is 1.83. The van der Waals surface area contributed by atoms with E-state index in [1.54, 1.807) is 12.1 Å². The minimum Gasteiger partial charge on any atom is -0.488 e. The maximum absolute atomic E-state index is 13.3. The predicted molar refractivity (Wildman–Crippen MR) is 76.5 cm³/mol. The lowest BCUT2D eigenvalue weighted by Crippen LogP contribution is -2.01. The zero-order chi connectivity index (χ0) is 13.8. The Morgan fingerprint density at radius 3 is 2.53 bits per heavy atom. The molecule has 0 fully saturated rings. The van der Waals surface area contributed by atoms with Crippen molar-refractivity contribution in [3.8, 4) is 5.75 Å². The highest BCUT2D eigenvalue weighted by atomic mass is 35.5. The van der Waals surface area contributed by atoms with Gasteiger partial charge >= 0.3 is 0 Å². The summed E-state index contributed by atoms with van der Waals surface area (Å²) >= 11 is 11.8. The smallest absolute Gasteiger partial charge is 0.142 e. The van der Waals surface area contributed by atoms with Crippen LogP contribution in [0.25, 0.3) is 0 Å². The number of ether oxygens (including phenoxy) is 1. The minimum atomic E-state index is -0.440. The molecule has 0 aliphatic rings. The van der Waals surface area contributed by atoms with Crippen LogP contribution in [0, 0.1) is 12.7 Å². The molecule has 0 aromatic heterocycles. The molecular weight excluding hydrogens is 286 g/mol. The summed E-state index contributed by atoms with van der Waals surface area (Å²) in [6, 6.07) is 10.4. The molecule has 1 nitrogen and oxygen atoms in total. The molecule has 0 saturated heterocycles. The van der Waals surface area contributed by atoms with Gasteiger partial charge in [0.2, 0.25) is 0 Å². The van der Waals surface area contributed by atoms with Crippen molar-refractivity contribution in [2.24, 2.45) is 0 Å². The second kappa shape index (κ2) is 6.27. The summed E-state index contributed by atoms with van der Waals surface area (Å²) in [4.78, 5) is 0. The molecule has 0 aliphatic carbocycles. The summed E-state index contributed by atoms with van der Waals surface area (Å²) < 4.78 is 19.1. The molecule has 0 saturated carbocycles. The lowest BCUT2D eigenvalue weighted by Gasteiger charge is -2.13. The summed E-state index contributed by atoms with van der Waals surface area (Å²) in [6.45, 7) is 2.16. The third-order valence-corrected chi connectivity index (χ3v) is 3.55. The van der Waals surface area contributed by atoms with Crippen LogP contribution >= 0.6 is 23.2 Å². The SMILES string of the molecule is Cc1cccc(CCl)c1OCc1cccc(F)c1Cl. The topological polar surface area (TPSA) is 9.23 Å².